The van der Waals surface area contributed by atoms with Gasteiger partial charge in [-0.2, -0.15) is 0 Å². The fraction of sp³-hybridized carbons (Fsp3) is 0.333. The Morgan fingerprint density at radius 2 is 2.15 bits per heavy atom. The van der Waals surface area contributed by atoms with Crippen LogP contribution in [-0.2, 0) is 17.7 Å². The Morgan fingerprint density at radius 3 is 2.88 bits per heavy atom. The zero-order valence-corrected chi connectivity index (χ0v) is 18.3. The van der Waals surface area contributed by atoms with Crippen LogP contribution in [0.3, 0.4) is 0 Å². The second-order valence-electron chi connectivity index (χ2n) is 8.08. The number of aryl methyl sites for hydroxylation is 3. The SMILES string of the molecule is Cc1cc([N+](=O)[O-])ccc1C(=O)N1c2ccc(F)cc2CCCC1OCCCn1ccnc1. The standard InChI is InChI=1S/C24H25FN4O4/c1-17-14-20(29(31)32)7-8-21(17)24(30)28-22-9-6-19(25)15-18(22)4-2-5-23(28)33-13-3-11-27-12-10-26-16-27/h6-10,12,14-16,23H,2-5,11,13H2,1H3. The summed E-state index contributed by atoms with van der Waals surface area (Å²) in [5, 5.41) is 11.1. The molecule has 1 atom stereocenters. The van der Waals surface area contributed by atoms with Crippen molar-refractivity contribution >= 4 is 17.3 Å². The van der Waals surface area contributed by atoms with Gasteiger partial charge < -0.3 is 9.30 Å². The van der Waals surface area contributed by atoms with E-state index in [1.165, 1.54) is 30.3 Å². The van der Waals surface area contributed by atoms with Gasteiger partial charge in [0.2, 0.25) is 0 Å². The maximum Gasteiger partial charge on any atom is 0.269 e. The van der Waals surface area contributed by atoms with Gasteiger partial charge in [0.15, 0.2) is 0 Å². The van der Waals surface area contributed by atoms with E-state index in [1.54, 1.807) is 30.4 Å². The van der Waals surface area contributed by atoms with E-state index >= 15 is 0 Å². The van der Waals surface area contributed by atoms with Gasteiger partial charge in [0, 0.05) is 36.6 Å². The lowest BCUT2D eigenvalue weighted by Gasteiger charge is -2.31. The molecule has 172 valence electrons. The summed E-state index contributed by atoms with van der Waals surface area (Å²) in [5.74, 6) is -0.677. The molecule has 33 heavy (non-hydrogen) atoms. The number of nitro groups is 1. The molecule has 2 heterocycles. The van der Waals surface area contributed by atoms with Crippen molar-refractivity contribution in [1.82, 2.24) is 9.55 Å². The predicted molar refractivity (Wildman–Crippen MR) is 121 cm³/mol. The molecule has 0 spiro atoms. The third kappa shape index (κ3) is 5.09. The molecule has 0 bridgehead atoms. The van der Waals surface area contributed by atoms with E-state index in [0.717, 1.165) is 24.9 Å². The molecule has 3 aromatic rings. The number of anilines is 1. The van der Waals surface area contributed by atoms with E-state index in [0.29, 0.717) is 36.3 Å². The average Bonchev–Trinajstić information content (AvgIpc) is 3.24. The van der Waals surface area contributed by atoms with E-state index < -0.39 is 11.2 Å². The zero-order chi connectivity index (χ0) is 23.4. The molecule has 1 aliphatic heterocycles. The summed E-state index contributed by atoms with van der Waals surface area (Å²) < 4.78 is 22.1. The number of halogens is 1. The first kappa shape index (κ1) is 22.6. The molecule has 0 aliphatic carbocycles. The van der Waals surface area contributed by atoms with Gasteiger partial charge in [0.1, 0.15) is 12.0 Å². The quantitative estimate of drug-likeness (QED) is 0.296. The van der Waals surface area contributed by atoms with Gasteiger partial charge in [-0.25, -0.2) is 9.37 Å². The highest BCUT2D eigenvalue weighted by atomic mass is 19.1. The molecule has 1 aromatic heterocycles. The molecule has 0 saturated heterocycles. The number of fused-ring (bicyclic) bond motifs is 1. The normalized spacial score (nSPS) is 15.7. The Hall–Kier alpha value is -3.59. The number of carbonyl (C=O) groups is 1. The zero-order valence-electron chi connectivity index (χ0n) is 18.3. The van der Waals surface area contributed by atoms with E-state index in [2.05, 4.69) is 4.98 Å². The summed E-state index contributed by atoms with van der Waals surface area (Å²) in [6.07, 6.45) is 7.52. The Bertz CT molecular complexity index is 1150. The molecule has 2 aromatic carbocycles. The number of non-ortho nitro benzene ring substituents is 1. The number of imidazole rings is 1. The molecule has 8 nitrogen and oxygen atoms in total. The maximum absolute atomic E-state index is 13.9. The lowest BCUT2D eigenvalue weighted by atomic mass is 10.0. The minimum Gasteiger partial charge on any atom is -0.358 e. The summed E-state index contributed by atoms with van der Waals surface area (Å²) in [6.45, 7) is 2.84. The minimum absolute atomic E-state index is 0.0744. The van der Waals surface area contributed by atoms with Crippen molar-refractivity contribution in [2.75, 3.05) is 11.5 Å². The van der Waals surface area contributed by atoms with Gasteiger partial charge in [0.05, 0.1) is 23.5 Å². The van der Waals surface area contributed by atoms with Crippen molar-refractivity contribution in [1.29, 1.82) is 0 Å². The lowest BCUT2D eigenvalue weighted by Crippen LogP contribution is -2.42. The van der Waals surface area contributed by atoms with Crippen LogP contribution in [0.15, 0.2) is 55.1 Å². The number of hydrogen-bond donors (Lipinski definition) is 0. The summed E-state index contributed by atoms with van der Waals surface area (Å²) in [4.78, 5) is 29.9. The smallest absolute Gasteiger partial charge is 0.269 e. The maximum atomic E-state index is 13.9. The average molecular weight is 452 g/mol. The third-order valence-corrected chi connectivity index (χ3v) is 5.79. The number of rotatable bonds is 7. The molecule has 1 unspecified atom stereocenters. The predicted octanol–water partition coefficient (Wildman–Crippen LogP) is 4.65. The second kappa shape index (κ2) is 9.91. The monoisotopic (exact) mass is 452 g/mol. The third-order valence-electron chi connectivity index (χ3n) is 5.79. The molecule has 0 radical (unpaired) electrons. The van der Waals surface area contributed by atoms with E-state index in [4.69, 9.17) is 4.74 Å². The Morgan fingerprint density at radius 1 is 1.30 bits per heavy atom. The number of carbonyl (C=O) groups excluding carboxylic acids is 1. The minimum atomic E-state index is -0.526. The fourth-order valence-electron chi connectivity index (χ4n) is 4.16. The molecule has 0 saturated carbocycles. The van der Waals surface area contributed by atoms with Crippen LogP contribution >= 0.6 is 0 Å². The lowest BCUT2D eigenvalue weighted by molar-refractivity contribution is -0.384. The van der Waals surface area contributed by atoms with Gasteiger partial charge in [-0.3, -0.25) is 19.8 Å². The van der Waals surface area contributed by atoms with Crippen molar-refractivity contribution < 1.29 is 18.8 Å². The van der Waals surface area contributed by atoms with Crippen molar-refractivity contribution in [3.8, 4) is 0 Å². The van der Waals surface area contributed by atoms with Crippen LogP contribution in [0.1, 0.15) is 40.7 Å². The van der Waals surface area contributed by atoms with E-state index in [1.807, 2.05) is 10.8 Å². The first-order chi connectivity index (χ1) is 15.9. The molecule has 0 N–H and O–H groups in total. The number of nitrogens with zero attached hydrogens (tertiary/aromatic N) is 4. The topological polar surface area (TPSA) is 90.5 Å². The molecule has 1 amide bonds. The molecular formula is C24H25FN4O4. The fourth-order valence-corrected chi connectivity index (χ4v) is 4.16. The van der Waals surface area contributed by atoms with Crippen molar-refractivity contribution in [2.24, 2.45) is 0 Å². The highest BCUT2D eigenvalue weighted by molar-refractivity contribution is 6.08. The van der Waals surface area contributed by atoms with Crippen LogP contribution in [-0.4, -0.2) is 33.2 Å². The van der Waals surface area contributed by atoms with Crippen molar-refractivity contribution in [3.63, 3.8) is 0 Å². The van der Waals surface area contributed by atoms with Crippen LogP contribution in [0.4, 0.5) is 15.8 Å². The first-order valence-corrected chi connectivity index (χ1v) is 10.9. The number of ether oxygens (including phenoxy) is 1. The summed E-state index contributed by atoms with van der Waals surface area (Å²) in [7, 11) is 0. The number of amides is 1. The Kier molecular flexibility index (Phi) is 6.79. The summed E-state index contributed by atoms with van der Waals surface area (Å²) in [5.41, 5.74) is 2.13. The van der Waals surface area contributed by atoms with Crippen molar-refractivity contribution in [3.05, 3.63) is 87.7 Å². The van der Waals surface area contributed by atoms with Gasteiger partial charge in [-0.05, 0) is 68.0 Å². The van der Waals surface area contributed by atoms with Crippen LogP contribution in [0.2, 0.25) is 0 Å². The van der Waals surface area contributed by atoms with Gasteiger partial charge in [0.25, 0.3) is 11.6 Å². The number of aromatic nitrogens is 2. The molecule has 4 rings (SSSR count). The number of nitro benzene ring substituents is 1. The van der Waals surface area contributed by atoms with Gasteiger partial charge in [-0.15, -0.1) is 0 Å². The summed E-state index contributed by atoms with van der Waals surface area (Å²) >= 11 is 0. The van der Waals surface area contributed by atoms with Crippen LogP contribution < -0.4 is 4.90 Å². The van der Waals surface area contributed by atoms with Crippen LogP contribution in [0, 0.1) is 22.9 Å². The highest BCUT2D eigenvalue weighted by Gasteiger charge is 2.32. The Balaban J connectivity index is 1.61. The second-order valence-corrected chi connectivity index (χ2v) is 8.08. The molecule has 0 fully saturated rings. The van der Waals surface area contributed by atoms with Gasteiger partial charge >= 0.3 is 0 Å². The molecule has 1 aliphatic rings. The highest BCUT2D eigenvalue weighted by Crippen LogP contribution is 2.33. The first-order valence-electron chi connectivity index (χ1n) is 10.9. The van der Waals surface area contributed by atoms with E-state index in [9.17, 15) is 19.3 Å². The van der Waals surface area contributed by atoms with Gasteiger partial charge in [-0.1, -0.05) is 0 Å². The van der Waals surface area contributed by atoms with E-state index in [-0.39, 0.29) is 17.4 Å². The molecular weight excluding hydrogens is 427 g/mol. The number of benzene rings is 2. The number of hydrogen-bond acceptors (Lipinski definition) is 5. The van der Waals surface area contributed by atoms with Crippen LogP contribution in [0.5, 0.6) is 0 Å². The Labute approximate surface area is 190 Å². The van der Waals surface area contributed by atoms with Crippen LogP contribution in [0.25, 0.3) is 0 Å². The van der Waals surface area contributed by atoms with Crippen molar-refractivity contribution in [2.45, 2.75) is 45.4 Å². The summed E-state index contributed by atoms with van der Waals surface area (Å²) in [6, 6.07) is 8.58. The molecule has 9 heteroatoms. The largest absolute Gasteiger partial charge is 0.358 e.